The van der Waals surface area contributed by atoms with Crippen LogP contribution in [0.3, 0.4) is 0 Å². The number of rotatable bonds is 3. The molecular formula is C19H13FN6O3. The minimum Gasteiger partial charge on any atom is -0.356 e. The fourth-order valence-electron chi connectivity index (χ4n) is 3.72. The first-order chi connectivity index (χ1) is 14.1. The highest BCUT2D eigenvalue weighted by molar-refractivity contribution is 6.13. The molecule has 2 aliphatic rings. The quantitative estimate of drug-likeness (QED) is 0.302. The topological polar surface area (TPSA) is 113 Å². The minimum absolute atomic E-state index is 0.0286. The highest BCUT2D eigenvalue weighted by atomic mass is 19.1. The molecule has 5 rings (SSSR count). The number of anilines is 1. The summed E-state index contributed by atoms with van der Waals surface area (Å²) in [5.74, 6) is -1.06. The van der Waals surface area contributed by atoms with Crippen molar-refractivity contribution >= 4 is 22.4 Å². The van der Waals surface area contributed by atoms with Gasteiger partial charge in [0.25, 0.3) is 5.56 Å². The van der Waals surface area contributed by atoms with E-state index in [-0.39, 0.29) is 29.6 Å². The molecule has 10 heteroatoms. The van der Waals surface area contributed by atoms with Crippen molar-refractivity contribution in [1.29, 1.82) is 0 Å². The average molecular weight is 392 g/mol. The second kappa shape index (κ2) is 6.40. The molecule has 0 N–H and O–H groups in total. The molecule has 144 valence electrons. The maximum Gasteiger partial charge on any atom is 0.266 e. The number of carbonyl (C=O) groups is 1. The zero-order valence-electron chi connectivity index (χ0n) is 14.9. The van der Waals surface area contributed by atoms with Crippen molar-refractivity contribution in [3.05, 3.63) is 74.4 Å². The number of benzene rings is 2. The molecule has 1 unspecified atom stereocenters. The number of halogens is 1. The van der Waals surface area contributed by atoms with E-state index < -0.39 is 11.6 Å². The minimum atomic E-state index is -0.547. The number of azide groups is 1. The molecule has 0 radical (unpaired) electrons. The molecule has 2 aromatic carbocycles. The van der Waals surface area contributed by atoms with Gasteiger partial charge in [-0.3, -0.25) is 14.2 Å². The van der Waals surface area contributed by atoms with Gasteiger partial charge < -0.3 is 9.64 Å². The molecule has 3 heterocycles. The van der Waals surface area contributed by atoms with E-state index in [9.17, 15) is 14.0 Å². The monoisotopic (exact) mass is 392 g/mol. The van der Waals surface area contributed by atoms with Crippen LogP contribution in [0, 0.1) is 5.82 Å². The summed E-state index contributed by atoms with van der Waals surface area (Å²) in [5.41, 5.74) is 9.66. The highest BCUT2D eigenvalue weighted by Gasteiger charge is 2.31. The van der Waals surface area contributed by atoms with Gasteiger partial charge in [0.05, 0.1) is 34.8 Å². The number of hydrogen-bond donors (Lipinski definition) is 0. The molecule has 29 heavy (non-hydrogen) atoms. The summed E-state index contributed by atoms with van der Waals surface area (Å²) in [4.78, 5) is 34.7. The maximum absolute atomic E-state index is 13.6. The first-order valence-corrected chi connectivity index (χ1v) is 8.85. The Kier molecular flexibility index (Phi) is 3.83. The Morgan fingerprint density at radius 3 is 2.97 bits per heavy atom. The van der Waals surface area contributed by atoms with Crippen LogP contribution < -0.4 is 10.5 Å². The molecule has 1 atom stereocenters. The number of aromatic nitrogens is 2. The van der Waals surface area contributed by atoms with Crippen molar-refractivity contribution in [3.63, 3.8) is 0 Å². The fourth-order valence-corrected chi connectivity index (χ4v) is 3.72. The van der Waals surface area contributed by atoms with Crippen molar-refractivity contribution in [2.24, 2.45) is 5.11 Å². The third-order valence-electron chi connectivity index (χ3n) is 5.10. The SMILES string of the molecule is [N-]=[N+]=NCC1CN(c2ccc3c(=O)n4c(nc3c2)C(=O)c2cc(F)ccc2-4)CO1. The van der Waals surface area contributed by atoms with Crippen LogP contribution in [0.1, 0.15) is 16.2 Å². The van der Waals surface area contributed by atoms with E-state index in [0.29, 0.717) is 29.9 Å². The molecule has 2 aliphatic heterocycles. The van der Waals surface area contributed by atoms with Gasteiger partial charge in [-0.2, -0.15) is 0 Å². The zero-order chi connectivity index (χ0) is 20.1. The zero-order valence-corrected chi connectivity index (χ0v) is 14.9. The van der Waals surface area contributed by atoms with Crippen LogP contribution in [-0.4, -0.2) is 41.3 Å². The smallest absolute Gasteiger partial charge is 0.266 e. The number of hydrogen-bond acceptors (Lipinski definition) is 6. The van der Waals surface area contributed by atoms with E-state index in [2.05, 4.69) is 15.0 Å². The number of ether oxygens (including phenoxy) is 1. The number of ketones is 1. The normalized spacial score (nSPS) is 17.3. The van der Waals surface area contributed by atoms with Crippen molar-refractivity contribution < 1.29 is 13.9 Å². The van der Waals surface area contributed by atoms with Gasteiger partial charge in [-0.1, -0.05) is 5.11 Å². The third kappa shape index (κ3) is 2.65. The Labute approximate surface area is 162 Å². The lowest BCUT2D eigenvalue weighted by Crippen LogP contribution is -2.24. The van der Waals surface area contributed by atoms with Gasteiger partial charge in [-0.25, -0.2) is 9.37 Å². The van der Waals surface area contributed by atoms with Gasteiger partial charge in [0.2, 0.25) is 5.78 Å². The van der Waals surface area contributed by atoms with Gasteiger partial charge in [0, 0.05) is 17.1 Å². The summed E-state index contributed by atoms with van der Waals surface area (Å²) in [6.45, 7) is 1.07. The summed E-state index contributed by atoms with van der Waals surface area (Å²) >= 11 is 0. The van der Waals surface area contributed by atoms with Gasteiger partial charge in [0.15, 0.2) is 5.82 Å². The summed E-state index contributed by atoms with van der Waals surface area (Å²) < 4.78 is 20.4. The molecule has 1 saturated heterocycles. The van der Waals surface area contributed by atoms with Crippen LogP contribution in [0.2, 0.25) is 0 Å². The number of fused-ring (bicyclic) bond motifs is 4. The standard InChI is InChI=1S/C19H13FN6O3/c20-10-1-4-16-14(5-10)17(27)18-23-15-6-11(2-3-13(15)19(28)26(16)18)25-8-12(29-9-25)7-22-24-21/h1-6,12H,7-9H2. The first-order valence-electron chi connectivity index (χ1n) is 8.85. The molecule has 0 spiro atoms. The van der Waals surface area contributed by atoms with Gasteiger partial charge in [-0.15, -0.1) is 0 Å². The number of nitrogens with zero attached hydrogens (tertiary/aromatic N) is 6. The molecule has 0 aliphatic carbocycles. The van der Waals surface area contributed by atoms with Gasteiger partial charge in [0.1, 0.15) is 12.5 Å². The van der Waals surface area contributed by atoms with Crippen molar-refractivity contribution in [3.8, 4) is 5.69 Å². The summed E-state index contributed by atoms with van der Waals surface area (Å²) in [6.07, 6.45) is -0.217. The van der Waals surface area contributed by atoms with Crippen LogP contribution in [-0.2, 0) is 4.74 Å². The first kappa shape index (κ1) is 17.4. The number of carbonyl (C=O) groups excluding carboxylic acids is 1. The fraction of sp³-hybridized carbons (Fsp3) is 0.211. The van der Waals surface area contributed by atoms with Gasteiger partial charge in [-0.05, 0) is 41.9 Å². The van der Waals surface area contributed by atoms with E-state index >= 15 is 0 Å². The molecule has 1 fully saturated rings. The highest BCUT2D eigenvalue weighted by Crippen LogP contribution is 2.28. The lowest BCUT2D eigenvalue weighted by molar-refractivity contribution is 0.103. The molecular weight excluding hydrogens is 379 g/mol. The Hall–Kier alpha value is -3.75. The lowest BCUT2D eigenvalue weighted by atomic mass is 10.1. The Morgan fingerprint density at radius 1 is 1.28 bits per heavy atom. The van der Waals surface area contributed by atoms with Crippen LogP contribution in [0.4, 0.5) is 10.1 Å². The van der Waals surface area contributed by atoms with Crippen LogP contribution in [0.15, 0.2) is 46.3 Å². The van der Waals surface area contributed by atoms with Crippen molar-refractivity contribution in [2.45, 2.75) is 6.10 Å². The lowest BCUT2D eigenvalue weighted by Gasteiger charge is -2.16. The average Bonchev–Trinajstić information content (AvgIpc) is 3.30. The second-order valence-electron chi connectivity index (χ2n) is 6.82. The summed E-state index contributed by atoms with van der Waals surface area (Å²) in [7, 11) is 0. The van der Waals surface area contributed by atoms with Gasteiger partial charge >= 0.3 is 0 Å². The predicted octanol–water partition coefficient (Wildman–Crippen LogP) is 2.54. The third-order valence-corrected chi connectivity index (χ3v) is 5.10. The van der Waals surface area contributed by atoms with Crippen molar-refractivity contribution in [2.75, 3.05) is 24.7 Å². The van der Waals surface area contributed by atoms with E-state index in [4.69, 9.17) is 10.3 Å². The van der Waals surface area contributed by atoms with Crippen LogP contribution in [0.25, 0.3) is 27.0 Å². The largest absolute Gasteiger partial charge is 0.356 e. The molecule has 0 saturated carbocycles. The molecule has 1 aromatic heterocycles. The molecule has 9 nitrogen and oxygen atoms in total. The summed E-state index contributed by atoms with van der Waals surface area (Å²) in [5, 5.41) is 3.88. The van der Waals surface area contributed by atoms with Crippen molar-refractivity contribution in [1.82, 2.24) is 9.55 Å². The maximum atomic E-state index is 13.6. The van der Waals surface area contributed by atoms with E-state index in [1.54, 1.807) is 18.2 Å². The Balaban J connectivity index is 1.57. The molecule has 3 aromatic rings. The summed E-state index contributed by atoms with van der Waals surface area (Å²) in [6, 6.07) is 8.88. The Morgan fingerprint density at radius 2 is 2.14 bits per heavy atom. The Bertz CT molecular complexity index is 1300. The van der Waals surface area contributed by atoms with Crippen LogP contribution >= 0.6 is 0 Å². The van der Waals surface area contributed by atoms with E-state index in [1.165, 1.54) is 16.7 Å². The van der Waals surface area contributed by atoms with E-state index in [1.807, 2.05) is 4.90 Å². The van der Waals surface area contributed by atoms with E-state index in [0.717, 1.165) is 11.8 Å². The molecule has 0 bridgehead atoms. The predicted molar refractivity (Wildman–Crippen MR) is 102 cm³/mol. The second-order valence-corrected chi connectivity index (χ2v) is 6.82. The van der Waals surface area contributed by atoms with Crippen LogP contribution in [0.5, 0.6) is 0 Å². The molecule has 0 amide bonds.